The van der Waals surface area contributed by atoms with E-state index in [1.807, 2.05) is 0 Å². The van der Waals surface area contributed by atoms with Crippen LogP contribution in [0.2, 0.25) is 5.02 Å². The average Bonchev–Trinajstić information content (AvgIpc) is 2.02. The summed E-state index contributed by atoms with van der Waals surface area (Å²) in [7, 11) is 1.31. The van der Waals surface area contributed by atoms with Crippen molar-refractivity contribution in [1.29, 1.82) is 0 Å². The third-order valence-corrected chi connectivity index (χ3v) is 2.78. The highest BCUT2D eigenvalue weighted by Crippen LogP contribution is 2.29. The van der Waals surface area contributed by atoms with Gasteiger partial charge in [0.05, 0.1) is 17.7 Å². The molecule has 0 spiro atoms. The number of methoxy groups -OCH3 is 1. The number of esters is 1. The lowest BCUT2D eigenvalue weighted by Crippen LogP contribution is -2.03. The molecule has 0 aliphatic carbocycles. The second-order valence-electron chi connectivity index (χ2n) is 2.24. The Morgan fingerprint density at radius 3 is 2.54 bits per heavy atom. The summed E-state index contributed by atoms with van der Waals surface area (Å²) < 4.78 is 5.98. The SMILES string of the molecule is COC(=O)c1c(Cl)cc(Br)cc1Br. The fourth-order valence-electron chi connectivity index (χ4n) is 0.839. The van der Waals surface area contributed by atoms with Gasteiger partial charge < -0.3 is 4.74 Å². The van der Waals surface area contributed by atoms with Crippen LogP contribution in [-0.4, -0.2) is 13.1 Å². The molecule has 70 valence electrons. The molecule has 0 aliphatic heterocycles. The van der Waals surface area contributed by atoms with E-state index >= 15 is 0 Å². The predicted octanol–water partition coefficient (Wildman–Crippen LogP) is 3.65. The minimum atomic E-state index is -0.454. The minimum Gasteiger partial charge on any atom is -0.465 e. The fraction of sp³-hybridized carbons (Fsp3) is 0.125. The van der Waals surface area contributed by atoms with Crippen LogP contribution in [0, 0.1) is 0 Å². The van der Waals surface area contributed by atoms with Crippen LogP contribution < -0.4 is 0 Å². The minimum absolute atomic E-state index is 0.340. The van der Waals surface area contributed by atoms with Gasteiger partial charge in [-0.1, -0.05) is 27.5 Å². The zero-order valence-electron chi connectivity index (χ0n) is 6.61. The number of rotatable bonds is 1. The van der Waals surface area contributed by atoms with Crippen molar-refractivity contribution in [1.82, 2.24) is 0 Å². The van der Waals surface area contributed by atoms with E-state index in [1.54, 1.807) is 12.1 Å². The van der Waals surface area contributed by atoms with E-state index in [0.717, 1.165) is 4.47 Å². The molecule has 0 aromatic heterocycles. The van der Waals surface area contributed by atoms with Crippen molar-refractivity contribution >= 4 is 49.4 Å². The third kappa shape index (κ3) is 2.45. The Hall–Kier alpha value is -0.0600. The topological polar surface area (TPSA) is 26.3 Å². The summed E-state index contributed by atoms with van der Waals surface area (Å²) in [5.41, 5.74) is 0.340. The number of ether oxygens (including phenoxy) is 1. The Balaban J connectivity index is 3.28. The summed E-state index contributed by atoms with van der Waals surface area (Å²) in [6.45, 7) is 0. The van der Waals surface area contributed by atoms with Crippen LogP contribution in [0.3, 0.4) is 0 Å². The predicted molar refractivity (Wildman–Crippen MR) is 58.2 cm³/mol. The van der Waals surface area contributed by atoms with Crippen molar-refractivity contribution in [3.63, 3.8) is 0 Å². The Bertz CT molecular complexity index is 329. The number of carbonyl (C=O) groups is 1. The highest BCUT2D eigenvalue weighted by Gasteiger charge is 2.15. The lowest BCUT2D eigenvalue weighted by molar-refractivity contribution is 0.0600. The molecule has 0 saturated heterocycles. The van der Waals surface area contributed by atoms with Crippen molar-refractivity contribution in [3.8, 4) is 0 Å². The van der Waals surface area contributed by atoms with Crippen molar-refractivity contribution in [2.45, 2.75) is 0 Å². The first-order valence-electron chi connectivity index (χ1n) is 3.29. The molecular formula is C8H5Br2ClO2. The molecule has 0 bridgehead atoms. The quantitative estimate of drug-likeness (QED) is 0.736. The van der Waals surface area contributed by atoms with Crippen LogP contribution in [0.15, 0.2) is 21.1 Å². The lowest BCUT2D eigenvalue weighted by Gasteiger charge is -2.05. The Labute approximate surface area is 97.5 Å². The Morgan fingerprint density at radius 1 is 1.46 bits per heavy atom. The summed E-state index contributed by atoms with van der Waals surface area (Å²) in [5.74, 6) is -0.454. The maximum atomic E-state index is 11.2. The molecule has 1 aromatic carbocycles. The van der Waals surface area contributed by atoms with Gasteiger partial charge in [-0.25, -0.2) is 4.79 Å². The maximum absolute atomic E-state index is 11.2. The number of benzene rings is 1. The molecule has 1 aromatic rings. The third-order valence-electron chi connectivity index (χ3n) is 1.40. The molecule has 5 heteroatoms. The molecule has 0 heterocycles. The first-order valence-corrected chi connectivity index (χ1v) is 5.25. The van der Waals surface area contributed by atoms with Crippen LogP contribution >= 0.6 is 43.5 Å². The van der Waals surface area contributed by atoms with Gasteiger partial charge in [0, 0.05) is 8.95 Å². The second kappa shape index (κ2) is 4.44. The van der Waals surface area contributed by atoms with Gasteiger partial charge in [0.1, 0.15) is 0 Å². The van der Waals surface area contributed by atoms with E-state index in [4.69, 9.17) is 11.6 Å². The second-order valence-corrected chi connectivity index (χ2v) is 4.41. The van der Waals surface area contributed by atoms with Gasteiger partial charge in [0.2, 0.25) is 0 Å². The maximum Gasteiger partial charge on any atom is 0.340 e. The zero-order chi connectivity index (χ0) is 10.0. The highest BCUT2D eigenvalue weighted by molar-refractivity contribution is 9.11. The Kier molecular flexibility index (Phi) is 3.76. The Morgan fingerprint density at radius 2 is 2.08 bits per heavy atom. The van der Waals surface area contributed by atoms with Crippen molar-refractivity contribution in [2.24, 2.45) is 0 Å². The first kappa shape index (κ1) is 11.0. The molecule has 2 nitrogen and oxygen atoms in total. The molecule has 0 aliphatic rings. The molecule has 0 saturated carbocycles. The molecule has 1 rings (SSSR count). The van der Waals surface area contributed by atoms with E-state index in [9.17, 15) is 4.79 Å². The monoisotopic (exact) mass is 326 g/mol. The molecule has 0 N–H and O–H groups in total. The van der Waals surface area contributed by atoms with E-state index in [-0.39, 0.29) is 0 Å². The first-order chi connectivity index (χ1) is 6.06. The van der Waals surface area contributed by atoms with Gasteiger partial charge in [0.25, 0.3) is 0 Å². The number of hydrogen-bond donors (Lipinski definition) is 0. The summed E-state index contributed by atoms with van der Waals surface area (Å²) in [5, 5.41) is 0.355. The van der Waals surface area contributed by atoms with Gasteiger partial charge in [-0.05, 0) is 28.1 Å². The summed E-state index contributed by atoms with van der Waals surface area (Å²) in [6, 6.07) is 3.37. The van der Waals surface area contributed by atoms with E-state index in [2.05, 4.69) is 36.6 Å². The largest absolute Gasteiger partial charge is 0.465 e. The molecule has 13 heavy (non-hydrogen) atoms. The van der Waals surface area contributed by atoms with Crippen molar-refractivity contribution in [2.75, 3.05) is 7.11 Å². The van der Waals surface area contributed by atoms with Gasteiger partial charge in [-0.2, -0.15) is 0 Å². The number of hydrogen-bond acceptors (Lipinski definition) is 2. The van der Waals surface area contributed by atoms with Crippen LogP contribution in [0.4, 0.5) is 0 Å². The van der Waals surface area contributed by atoms with Gasteiger partial charge in [0.15, 0.2) is 0 Å². The molecular weight excluding hydrogens is 323 g/mol. The van der Waals surface area contributed by atoms with Gasteiger partial charge >= 0.3 is 5.97 Å². The van der Waals surface area contributed by atoms with E-state index < -0.39 is 5.97 Å². The zero-order valence-corrected chi connectivity index (χ0v) is 10.5. The molecule has 0 amide bonds. The summed E-state index contributed by atoms with van der Waals surface area (Å²) >= 11 is 12.3. The van der Waals surface area contributed by atoms with Crippen LogP contribution in [0.25, 0.3) is 0 Å². The number of carbonyl (C=O) groups excluding carboxylic acids is 1. The average molecular weight is 328 g/mol. The fourth-order valence-corrected chi connectivity index (χ4v) is 2.77. The molecule has 0 radical (unpaired) electrons. The van der Waals surface area contributed by atoms with Crippen LogP contribution in [0.1, 0.15) is 10.4 Å². The van der Waals surface area contributed by atoms with Gasteiger partial charge in [-0.3, -0.25) is 0 Å². The normalized spacial score (nSPS) is 9.85. The van der Waals surface area contributed by atoms with Crippen molar-refractivity contribution in [3.05, 3.63) is 31.7 Å². The van der Waals surface area contributed by atoms with Crippen LogP contribution in [0.5, 0.6) is 0 Å². The molecule has 0 unspecified atom stereocenters. The summed E-state index contributed by atoms with van der Waals surface area (Å²) in [6.07, 6.45) is 0. The van der Waals surface area contributed by atoms with Gasteiger partial charge in [-0.15, -0.1) is 0 Å². The number of halogens is 3. The van der Waals surface area contributed by atoms with E-state index in [1.165, 1.54) is 7.11 Å². The standard InChI is InChI=1S/C8H5Br2ClO2/c1-13-8(12)7-5(10)2-4(9)3-6(7)11/h2-3H,1H3. The highest BCUT2D eigenvalue weighted by atomic mass is 79.9. The van der Waals surface area contributed by atoms with Crippen molar-refractivity contribution < 1.29 is 9.53 Å². The molecule has 0 atom stereocenters. The van der Waals surface area contributed by atoms with E-state index in [0.29, 0.717) is 15.1 Å². The summed E-state index contributed by atoms with van der Waals surface area (Å²) in [4.78, 5) is 11.2. The smallest absolute Gasteiger partial charge is 0.340 e. The lowest BCUT2D eigenvalue weighted by atomic mass is 10.2. The van der Waals surface area contributed by atoms with Crippen LogP contribution in [-0.2, 0) is 4.74 Å². The molecule has 0 fully saturated rings.